The van der Waals surface area contributed by atoms with Crippen LogP contribution < -0.4 is 5.32 Å². The normalized spacial score (nSPS) is 17.0. The van der Waals surface area contributed by atoms with Gasteiger partial charge in [-0.1, -0.05) is 0 Å². The first kappa shape index (κ1) is 14.9. The van der Waals surface area contributed by atoms with Crippen LogP contribution in [0.1, 0.15) is 0 Å². The molecular formula is C11H21N3O4. The van der Waals surface area contributed by atoms with E-state index < -0.39 is 18.1 Å². The number of rotatable bonds is 4. The molecule has 1 aliphatic rings. The summed E-state index contributed by atoms with van der Waals surface area (Å²) in [6.45, 7) is 2.91. The predicted molar refractivity (Wildman–Crippen MR) is 64.9 cm³/mol. The van der Waals surface area contributed by atoms with E-state index in [1.54, 1.807) is 4.90 Å². The highest BCUT2D eigenvalue weighted by molar-refractivity contribution is 6.35. The maximum atomic E-state index is 11.8. The molecule has 0 unspecified atom stereocenters. The molecule has 0 spiro atoms. The minimum Gasteiger partial charge on any atom is -0.354 e. The number of piperazine rings is 1. The fourth-order valence-electron chi connectivity index (χ4n) is 1.67. The van der Waals surface area contributed by atoms with Gasteiger partial charge in [-0.3, -0.25) is 9.59 Å². The third-order valence-corrected chi connectivity index (χ3v) is 2.94. The van der Waals surface area contributed by atoms with Crippen molar-refractivity contribution in [3.63, 3.8) is 0 Å². The van der Waals surface area contributed by atoms with Crippen LogP contribution >= 0.6 is 0 Å². The van der Waals surface area contributed by atoms with Gasteiger partial charge in [-0.15, -0.1) is 0 Å². The largest absolute Gasteiger partial charge is 0.354 e. The highest BCUT2D eigenvalue weighted by Gasteiger charge is 2.25. The van der Waals surface area contributed by atoms with Crippen LogP contribution in [0.2, 0.25) is 0 Å². The van der Waals surface area contributed by atoms with Gasteiger partial charge in [-0.05, 0) is 7.05 Å². The van der Waals surface area contributed by atoms with Gasteiger partial charge in [0.2, 0.25) is 0 Å². The maximum absolute atomic E-state index is 11.8. The Morgan fingerprint density at radius 3 is 2.22 bits per heavy atom. The molecule has 18 heavy (non-hydrogen) atoms. The Hall–Kier alpha value is -1.18. The van der Waals surface area contributed by atoms with Crippen molar-refractivity contribution in [3.05, 3.63) is 0 Å². The number of hydrogen-bond donors (Lipinski definition) is 1. The summed E-state index contributed by atoms with van der Waals surface area (Å²) in [6, 6.07) is 0. The highest BCUT2D eigenvalue weighted by atomic mass is 16.7. The van der Waals surface area contributed by atoms with E-state index in [9.17, 15) is 9.59 Å². The lowest BCUT2D eigenvalue weighted by Crippen LogP contribution is -2.52. The van der Waals surface area contributed by atoms with E-state index in [0.717, 1.165) is 13.1 Å². The molecule has 104 valence electrons. The van der Waals surface area contributed by atoms with E-state index in [-0.39, 0.29) is 6.54 Å². The zero-order valence-corrected chi connectivity index (χ0v) is 11.1. The Morgan fingerprint density at radius 1 is 1.17 bits per heavy atom. The Morgan fingerprint density at radius 2 is 1.72 bits per heavy atom. The van der Waals surface area contributed by atoms with Crippen LogP contribution in [0.3, 0.4) is 0 Å². The molecule has 1 aliphatic heterocycles. The summed E-state index contributed by atoms with van der Waals surface area (Å²) < 4.78 is 9.84. The van der Waals surface area contributed by atoms with Gasteiger partial charge in [0.15, 0.2) is 6.29 Å². The Balaban J connectivity index is 2.35. The average Bonchev–Trinajstić information content (AvgIpc) is 2.39. The summed E-state index contributed by atoms with van der Waals surface area (Å²) in [6.07, 6.45) is -0.533. The van der Waals surface area contributed by atoms with Gasteiger partial charge >= 0.3 is 11.8 Å². The third kappa shape index (κ3) is 4.25. The molecule has 0 saturated carbocycles. The number of amides is 2. The molecule has 0 aliphatic carbocycles. The lowest BCUT2D eigenvalue weighted by atomic mass is 10.3. The van der Waals surface area contributed by atoms with Gasteiger partial charge in [0.1, 0.15) is 0 Å². The molecular weight excluding hydrogens is 238 g/mol. The zero-order valence-electron chi connectivity index (χ0n) is 11.1. The summed E-state index contributed by atoms with van der Waals surface area (Å²) in [4.78, 5) is 27.1. The number of nitrogens with one attached hydrogen (secondary N) is 1. The van der Waals surface area contributed by atoms with E-state index in [2.05, 4.69) is 10.2 Å². The molecule has 1 N–H and O–H groups in total. The van der Waals surface area contributed by atoms with Gasteiger partial charge in [-0.25, -0.2) is 0 Å². The monoisotopic (exact) mass is 259 g/mol. The Kier molecular flexibility index (Phi) is 6.03. The zero-order chi connectivity index (χ0) is 13.5. The number of hydrogen-bond acceptors (Lipinski definition) is 5. The molecule has 0 aromatic rings. The lowest BCUT2D eigenvalue weighted by molar-refractivity contribution is -0.148. The summed E-state index contributed by atoms with van der Waals surface area (Å²) in [5.74, 6) is -1.10. The Bertz CT molecular complexity index is 286. The second-order valence-electron chi connectivity index (χ2n) is 4.21. The smallest absolute Gasteiger partial charge is 0.311 e. The van der Waals surface area contributed by atoms with Crippen molar-refractivity contribution in [2.24, 2.45) is 0 Å². The number of carbonyl (C=O) groups excluding carboxylic acids is 2. The van der Waals surface area contributed by atoms with Gasteiger partial charge in [0, 0.05) is 40.4 Å². The Labute approximate surface area is 107 Å². The molecule has 0 atom stereocenters. The van der Waals surface area contributed by atoms with E-state index in [1.807, 2.05) is 7.05 Å². The number of methoxy groups -OCH3 is 2. The molecule has 1 heterocycles. The van der Waals surface area contributed by atoms with Crippen LogP contribution in [0, 0.1) is 0 Å². The highest BCUT2D eigenvalue weighted by Crippen LogP contribution is 1.99. The quantitative estimate of drug-likeness (QED) is 0.491. The number of likely N-dealkylation sites (N-methyl/N-ethyl adjacent to an activating group) is 1. The molecule has 0 radical (unpaired) electrons. The molecule has 0 bridgehead atoms. The van der Waals surface area contributed by atoms with E-state index in [4.69, 9.17) is 9.47 Å². The average molecular weight is 259 g/mol. The summed E-state index contributed by atoms with van der Waals surface area (Å²) in [7, 11) is 4.94. The SMILES string of the molecule is COC(CNC(=O)C(=O)N1CCN(C)CC1)OC. The van der Waals surface area contributed by atoms with E-state index in [1.165, 1.54) is 14.2 Å². The fourth-order valence-corrected chi connectivity index (χ4v) is 1.67. The number of nitrogens with zero attached hydrogens (tertiary/aromatic N) is 2. The standard InChI is InChI=1S/C11H21N3O4/c1-13-4-6-14(7-5-13)11(16)10(15)12-8-9(17-2)18-3/h9H,4-8H2,1-3H3,(H,12,15). The van der Waals surface area contributed by atoms with Crippen LogP contribution in [-0.2, 0) is 19.1 Å². The van der Waals surface area contributed by atoms with Crippen molar-refractivity contribution in [1.29, 1.82) is 0 Å². The van der Waals surface area contributed by atoms with Crippen molar-refractivity contribution < 1.29 is 19.1 Å². The van der Waals surface area contributed by atoms with E-state index in [0.29, 0.717) is 13.1 Å². The number of ether oxygens (including phenoxy) is 2. The van der Waals surface area contributed by atoms with Gasteiger partial charge < -0.3 is 24.6 Å². The van der Waals surface area contributed by atoms with Crippen LogP contribution in [-0.4, -0.2) is 81.9 Å². The predicted octanol–water partition coefficient (Wildman–Crippen LogP) is -1.50. The first-order chi connectivity index (χ1) is 8.58. The summed E-state index contributed by atoms with van der Waals surface area (Å²) >= 11 is 0. The van der Waals surface area contributed by atoms with E-state index >= 15 is 0 Å². The second-order valence-corrected chi connectivity index (χ2v) is 4.21. The molecule has 0 aromatic carbocycles. The molecule has 2 amide bonds. The van der Waals surface area contributed by atoms with Crippen LogP contribution in [0.15, 0.2) is 0 Å². The van der Waals surface area contributed by atoms with Crippen LogP contribution in [0.4, 0.5) is 0 Å². The molecule has 1 fully saturated rings. The van der Waals surface area contributed by atoms with Crippen molar-refractivity contribution in [2.45, 2.75) is 6.29 Å². The minimum absolute atomic E-state index is 0.158. The minimum atomic E-state index is -0.612. The van der Waals surface area contributed by atoms with Crippen molar-refractivity contribution in [2.75, 3.05) is 54.0 Å². The summed E-state index contributed by atoms with van der Waals surface area (Å²) in [5.41, 5.74) is 0. The molecule has 1 rings (SSSR count). The van der Waals surface area contributed by atoms with Crippen LogP contribution in [0.25, 0.3) is 0 Å². The summed E-state index contributed by atoms with van der Waals surface area (Å²) in [5, 5.41) is 2.50. The third-order valence-electron chi connectivity index (χ3n) is 2.94. The van der Waals surface area contributed by atoms with Crippen LogP contribution in [0.5, 0.6) is 0 Å². The molecule has 0 aromatic heterocycles. The fraction of sp³-hybridized carbons (Fsp3) is 0.818. The second kappa shape index (κ2) is 7.30. The van der Waals surface area contributed by atoms with Gasteiger partial charge in [0.05, 0.1) is 6.54 Å². The number of carbonyl (C=O) groups is 2. The van der Waals surface area contributed by atoms with Crippen molar-refractivity contribution >= 4 is 11.8 Å². The van der Waals surface area contributed by atoms with Gasteiger partial charge in [-0.2, -0.15) is 0 Å². The molecule has 7 heteroatoms. The van der Waals surface area contributed by atoms with Crippen molar-refractivity contribution in [3.8, 4) is 0 Å². The lowest BCUT2D eigenvalue weighted by Gasteiger charge is -2.31. The van der Waals surface area contributed by atoms with Gasteiger partial charge in [0.25, 0.3) is 0 Å². The maximum Gasteiger partial charge on any atom is 0.311 e. The topological polar surface area (TPSA) is 71.1 Å². The molecule has 7 nitrogen and oxygen atoms in total. The molecule has 1 saturated heterocycles. The first-order valence-corrected chi connectivity index (χ1v) is 5.89. The first-order valence-electron chi connectivity index (χ1n) is 5.89. The van der Waals surface area contributed by atoms with Crippen molar-refractivity contribution in [1.82, 2.24) is 15.1 Å².